The number of hydrogen-bond donors (Lipinski definition) is 2. The van der Waals surface area contributed by atoms with Crippen molar-refractivity contribution in [1.29, 1.82) is 0 Å². The van der Waals surface area contributed by atoms with Crippen LogP contribution in [-0.4, -0.2) is 11.3 Å². The zero-order valence-electron chi connectivity index (χ0n) is 11.1. The second-order valence-electron chi connectivity index (χ2n) is 4.51. The Bertz CT molecular complexity index is 669. The van der Waals surface area contributed by atoms with Gasteiger partial charge in [-0.05, 0) is 53.5 Å². The predicted molar refractivity (Wildman–Crippen MR) is 90.6 cm³/mol. The fourth-order valence-corrected chi connectivity index (χ4v) is 3.05. The minimum atomic E-state index is 0.166. The minimum absolute atomic E-state index is 0.166. The third kappa shape index (κ3) is 3.61. The van der Waals surface area contributed by atoms with E-state index in [-0.39, 0.29) is 5.75 Å². The van der Waals surface area contributed by atoms with Gasteiger partial charge in [0.1, 0.15) is 5.75 Å². The molecule has 0 aliphatic carbocycles. The monoisotopic (exact) mass is 396 g/mol. The molecule has 0 spiro atoms. The van der Waals surface area contributed by atoms with Crippen LogP contribution in [0.5, 0.6) is 5.75 Å². The first-order chi connectivity index (χ1) is 9.47. The average molecular weight is 398 g/mol. The van der Waals surface area contributed by atoms with Crippen LogP contribution >= 0.6 is 31.9 Å². The van der Waals surface area contributed by atoms with E-state index in [4.69, 9.17) is 0 Å². The lowest BCUT2D eigenvalue weighted by molar-refractivity contribution is 0.471. The summed E-state index contributed by atoms with van der Waals surface area (Å²) < 4.78 is 1.50. The summed E-state index contributed by atoms with van der Waals surface area (Å²) in [6.07, 6.45) is 1.59. The molecule has 0 aromatic heterocycles. The standard InChI is InChI=1S/C15H14Br2N2O/c1-9-3-4-14(10(2)5-9)19-18-8-11-6-12(16)7-13(17)15(11)20/h3-8,19-20H,1-2H3. The largest absolute Gasteiger partial charge is 0.506 e. The predicted octanol–water partition coefficient (Wildman–Crippen LogP) is 4.98. The molecule has 0 aliphatic heterocycles. The summed E-state index contributed by atoms with van der Waals surface area (Å²) in [6.45, 7) is 4.08. The number of halogens is 2. The summed E-state index contributed by atoms with van der Waals surface area (Å²) in [5, 5.41) is 14.1. The molecule has 3 nitrogen and oxygen atoms in total. The SMILES string of the molecule is Cc1ccc(NN=Cc2cc(Br)cc(Br)c2O)c(C)c1. The Morgan fingerprint density at radius 1 is 1.15 bits per heavy atom. The number of phenols is 1. The summed E-state index contributed by atoms with van der Waals surface area (Å²) in [5.74, 6) is 0.166. The molecule has 2 aromatic rings. The van der Waals surface area contributed by atoms with E-state index in [0.29, 0.717) is 10.0 Å². The number of benzene rings is 2. The van der Waals surface area contributed by atoms with Crippen LogP contribution in [0.1, 0.15) is 16.7 Å². The molecule has 2 N–H and O–H groups in total. The van der Waals surface area contributed by atoms with E-state index in [2.05, 4.69) is 55.4 Å². The van der Waals surface area contributed by atoms with Crippen molar-refractivity contribution < 1.29 is 5.11 Å². The third-order valence-electron chi connectivity index (χ3n) is 2.83. The Morgan fingerprint density at radius 3 is 2.60 bits per heavy atom. The summed E-state index contributed by atoms with van der Waals surface area (Å²) in [5.41, 5.74) is 6.90. The molecule has 2 rings (SSSR count). The molecule has 0 saturated heterocycles. The van der Waals surface area contributed by atoms with E-state index < -0.39 is 0 Å². The Hall–Kier alpha value is -1.33. The van der Waals surface area contributed by atoms with Crippen LogP contribution in [0.25, 0.3) is 0 Å². The molecule has 0 heterocycles. The highest BCUT2D eigenvalue weighted by Gasteiger charge is 2.05. The Balaban J connectivity index is 2.18. The first kappa shape index (κ1) is 15.1. The van der Waals surface area contributed by atoms with Crippen molar-refractivity contribution >= 4 is 43.8 Å². The van der Waals surface area contributed by atoms with Crippen LogP contribution < -0.4 is 5.43 Å². The van der Waals surface area contributed by atoms with Gasteiger partial charge in [-0.3, -0.25) is 5.43 Å². The van der Waals surface area contributed by atoms with Gasteiger partial charge in [0.15, 0.2) is 0 Å². The minimum Gasteiger partial charge on any atom is -0.506 e. The second-order valence-corrected chi connectivity index (χ2v) is 6.28. The van der Waals surface area contributed by atoms with Crippen LogP contribution in [-0.2, 0) is 0 Å². The number of anilines is 1. The third-order valence-corrected chi connectivity index (χ3v) is 3.89. The number of hydrazone groups is 1. The van der Waals surface area contributed by atoms with E-state index in [0.717, 1.165) is 15.7 Å². The van der Waals surface area contributed by atoms with Crippen molar-refractivity contribution in [2.75, 3.05) is 5.43 Å². The maximum absolute atomic E-state index is 9.92. The number of nitrogens with one attached hydrogen (secondary N) is 1. The van der Waals surface area contributed by atoms with Gasteiger partial charge in [-0.1, -0.05) is 33.6 Å². The molecule has 0 amide bonds. The zero-order chi connectivity index (χ0) is 14.7. The summed E-state index contributed by atoms with van der Waals surface area (Å²) in [7, 11) is 0. The number of rotatable bonds is 3. The van der Waals surface area contributed by atoms with Crippen LogP contribution in [0.2, 0.25) is 0 Å². The molecule has 0 saturated carbocycles. The van der Waals surface area contributed by atoms with Gasteiger partial charge in [-0.2, -0.15) is 5.10 Å². The summed E-state index contributed by atoms with van der Waals surface area (Å²) in [4.78, 5) is 0. The Labute approximate surface area is 135 Å². The highest BCUT2D eigenvalue weighted by molar-refractivity contribution is 9.11. The molecule has 0 aliphatic rings. The summed E-state index contributed by atoms with van der Waals surface area (Å²) >= 11 is 6.67. The first-order valence-corrected chi connectivity index (χ1v) is 7.60. The number of aryl methyl sites for hydroxylation is 2. The van der Waals surface area contributed by atoms with Gasteiger partial charge in [0.25, 0.3) is 0 Å². The average Bonchev–Trinajstić information content (AvgIpc) is 2.37. The van der Waals surface area contributed by atoms with E-state index in [1.807, 2.05) is 19.1 Å². The molecule has 0 radical (unpaired) electrons. The molecule has 0 fully saturated rings. The van der Waals surface area contributed by atoms with Crippen LogP contribution in [0.4, 0.5) is 5.69 Å². The Kier molecular flexibility index (Phi) is 4.83. The topological polar surface area (TPSA) is 44.6 Å². The molecule has 0 atom stereocenters. The molecule has 0 unspecified atom stereocenters. The van der Waals surface area contributed by atoms with Gasteiger partial charge in [-0.25, -0.2) is 0 Å². The molecule has 5 heteroatoms. The molecular formula is C15H14Br2N2O. The van der Waals surface area contributed by atoms with Crippen molar-refractivity contribution in [3.05, 3.63) is 56.0 Å². The fraction of sp³-hybridized carbons (Fsp3) is 0.133. The molecule has 20 heavy (non-hydrogen) atoms. The molecular weight excluding hydrogens is 384 g/mol. The van der Waals surface area contributed by atoms with Crippen molar-refractivity contribution in [2.24, 2.45) is 5.10 Å². The fourth-order valence-electron chi connectivity index (χ4n) is 1.79. The van der Waals surface area contributed by atoms with Gasteiger partial charge in [0.2, 0.25) is 0 Å². The highest BCUT2D eigenvalue weighted by Crippen LogP contribution is 2.30. The zero-order valence-corrected chi connectivity index (χ0v) is 14.3. The van der Waals surface area contributed by atoms with Crippen molar-refractivity contribution in [3.63, 3.8) is 0 Å². The van der Waals surface area contributed by atoms with Crippen molar-refractivity contribution in [2.45, 2.75) is 13.8 Å². The maximum atomic E-state index is 9.92. The van der Waals surface area contributed by atoms with E-state index >= 15 is 0 Å². The lowest BCUT2D eigenvalue weighted by atomic mass is 10.1. The highest BCUT2D eigenvalue weighted by atomic mass is 79.9. The van der Waals surface area contributed by atoms with Gasteiger partial charge >= 0.3 is 0 Å². The first-order valence-electron chi connectivity index (χ1n) is 6.01. The van der Waals surface area contributed by atoms with Gasteiger partial charge in [0, 0.05) is 10.0 Å². The van der Waals surface area contributed by atoms with Crippen LogP contribution in [0.15, 0.2) is 44.4 Å². The van der Waals surface area contributed by atoms with Crippen molar-refractivity contribution in [1.82, 2.24) is 0 Å². The van der Waals surface area contributed by atoms with Crippen LogP contribution in [0.3, 0.4) is 0 Å². The van der Waals surface area contributed by atoms with Gasteiger partial charge in [0.05, 0.1) is 16.4 Å². The van der Waals surface area contributed by atoms with E-state index in [1.165, 1.54) is 5.56 Å². The number of nitrogens with zero attached hydrogens (tertiary/aromatic N) is 1. The number of aromatic hydroxyl groups is 1. The number of hydrogen-bond acceptors (Lipinski definition) is 3. The quantitative estimate of drug-likeness (QED) is 0.566. The van der Waals surface area contributed by atoms with E-state index in [1.54, 1.807) is 18.3 Å². The van der Waals surface area contributed by atoms with Gasteiger partial charge in [-0.15, -0.1) is 0 Å². The van der Waals surface area contributed by atoms with Gasteiger partial charge < -0.3 is 5.11 Å². The smallest absolute Gasteiger partial charge is 0.138 e. The van der Waals surface area contributed by atoms with Crippen LogP contribution in [0, 0.1) is 13.8 Å². The Morgan fingerprint density at radius 2 is 1.90 bits per heavy atom. The normalized spacial score (nSPS) is 11.0. The summed E-state index contributed by atoms with van der Waals surface area (Å²) in [6, 6.07) is 9.68. The lowest BCUT2D eigenvalue weighted by Gasteiger charge is -2.06. The number of phenolic OH excluding ortho intramolecular Hbond substituents is 1. The van der Waals surface area contributed by atoms with Crippen molar-refractivity contribution in [3.8, 4) is 5.75 Å². The molecule has 0 bridgehead atoms. The second kappa shape index (κ2) is 6.41. The maximum Gasteiger partial charge on any atom is 0.138 e. The lowest BCUT2D eigenvalue weighted by Crippen LogP contribution is -1.94. The molecule has 104 valence electrons. The molecule has 2 aromatic carbocycles. The van der Waals surface area contributed by atoms with E-state index in [9.17, 15) is 5.11 Å².